The van der Waals surface area contributed by atoms with Crippen LogP contribution in [0.15, 0.2) is 0 Å². The van der Waals surface area contributed by atoms with E-state index in [2.05, 4.69) is 0 Å². The second kappa shape index (κ2) is 4.94. The zero-order chi connectivity index (χ0) is 10.7. The first-order chi connectivity index (χ1) is 7.29. The van der Waals surface area contributed by atoms with Gasteiger partial charge in [-0.1, -0.05) is 12.8 Å². The first-order valence-corrected chi connectivity index (χ1v) is 5.89. The van der Waals surface area contributed by atoms with E-state index < -0.39 is 0 Å². The van der Waals surface area contributed by atoms with E-state index in [0.717, 1.165) is 6.54 Å². The first-order valence-electron chi connectivity index (χ1n) is 5.89. The van der Waals surface area contributed by atoms with Crippen molar-refractivity contribution in [1.82, 2.24) is 4.90 Å². The molecule has 0 aromatic carbocycles. The van der Waals surface area contributed by atoms with E-state index in [0.29, 0.717) is 19.0 Å². The Morgan fingerprint density at radius 1 is 1.40 bits per heavy atom. The van der Waals surface area contributed by atoms with Crippen LogP contribution in [0, 0.1) is 5.92 Å². The summed E-state index contributed by atoms with van der Waals surface area (Å²) in [6.45, 7) is 2.33. The third kappa shape index (κ3) is 2.69. The SMILES string of the molecule is NCC1CN(CC2CCCC2)C(=O)CO1. The number of carbonyl (C=O) groups excluding carboxylic acids is 1. The molecule has 1 aliphatic carbocycles. The van der Waals surface area contributed by atoms with Gasteiger partial charge in [0.1, 0.15) is 6.61 Å². The number of carbonyl (C=O) groups is 1. The topological polar surface area (TPSA) is 55.6 Å². The Morgan fingerprint density at radius 2 is 2.13 bits per heavy atom. The Morgan fingerprint density at radius 3 is 2.80 bits per heavy atom. The molecule has 1 unspecified atom stereocenters. The number of hydrogen-bond acceptors (Lipinski definition) is 3. The molecule has 2 aliphatic rings. The summed E-state index contributed by atoms with van der Waals surface area (Å²) in [6.07, 6.45) is 5.24. The van der Waals surface area contributed by atoms with E-state index >= 15 is 0 Å². The second-order valence-corrected chi connectivity index (χ2v) is 4.62. The van der Waals surface area contributed by atoms with Crippen molar-refractivity contribution in [3.05, 3.63) is 0 Å². The Balaban J connectivity index is 1.85. The van der Waals surface area contributed by atoms with E-state index in [1.54, 1.807) is 0 Å². The maximum absolute atomic E-state index is 11.6. The molecule has 1 amide bonds. The molecule has 1 heterocycles. The minimum Gasteiger partial charge on any atom is -0.365 e. The van der Waals surface area contributed by atoms with Gasteiger partial charge in [0.2, 0.25) is 5.91 Å². The van der Waals surface area contributed by atoms with Gasteiger partial charge in [-0.25, -0.2) is 0 Å². The van der Waals surface area contributed by atoms with Gasteiger partial charge < -0.3 is 15.4 Å². The quantitative estimate of drug-likeness (QED) is 0.735. The molecule has 0 aromatic rings. The Kier molecular flexibility index (Phi) is 3.59. The average molecular weight is 212 g/mol. The normalized spacial score (nSPS) is 28.7. The van der Waals surface area contributed by atoms with E-state index in [-0.39, 0.29) is 18.6 Å². The first kappa shape index (κ1) is 10.9. The van der Waals surface area contributed by atoms with Crippen molar-refractivity contribution in [1.29, 1.82) is 0 Å². The number of nitrogens with zero attached hydrogens (tertiary/aromatic N) is 1. The van der Waals surface area contributed by atoms with Gasteiger partial charge >= 0.3 is 0 Å². The molecule has 2 fully saturated rings. The van der Waals surface area contributed by atoms with Crippen LogP contribution < -0.4 is 5.73 Å². The number of rotatable bonds is 3. The third-order valence-corrected chi connectivity index (χ3v) is 3.44. The fourth-order valence-electron chi connectivity index (χ4n) is 2.50. The highest BCUT2D eigenvalue weighted by Gasteiger charge is 2.28. The summed E-state index contributed by atoms with van der Waals surface area (Å²) in [4.78, 5) is 13.5. The molecular formula is C11H20N2O2. The molecule has 0 radical (unpaired) electrons. The molecule has 1 aliphatic heterocycles. The van der Waals surface area contributed by atoms with Crippen LogP contribution in [0.3, 0.4) is 0 Å². The van der Waals surface area contributed by atoms with Crippen molar-refractivity contribution in [2.24, 2.45) is 11.7 Å². The predicted octanol–water partition coefficient (Wildman–Crippen LogP) is 0.363. The van der Waals surface area contributed by atoms with Gasteiger partial charge in [-0.2, -0.15) is 0 Å². The van der Waals surface area contributed by atoms with Crippen LogP contribution >= 0.6 is 0 Å². The number of morpholine rings is 1. The summed E-state index contributed by atoms with van der Waals surface area (Å²) in [5.41, 5.74) is 5.56. The Bertz CT molecular complexity index is 227. The van der Waals surface area contributed by atoms with Crippen LogP contribution in [0.2, 0.25) is 0 Å². The molecule has 2 rings (SSSR count). The molecule has 4 heteroatoms. The number of amides is 1. The van der Waals surface area contributed by atoms with Gasteiger partial charge in [-0.05, 0) is 18.8 Å². The van der Waals surface area contributed by atoms with Gasteiger partial charge in [0.25, 0.3) is 0 Å². The molecule has 15 heavy (non-hydrogen) atoms. The van der Waals surface area contributed by atoms with Crippen molar-refractivity contribution in [2.45, 2.75) is 31.8 Å². The lowest BCUT2D eigenvalue weighted by molar-refractivity contribution is -0.149. The zero-order valence-electron chi connectivity index (χ0n) is 9.15. The molecule has 1 saturated heterocycles. The van der Waals surface area contributed by atoms with Gasteiger partial charge in [0, 0.05) is 19.6 Å². The smallest absolute Gasteiger partial charge is 0.248 e. The van der Waals surface area contributed by atoms with Crippen LogP contribution in [0.1, 0.15) is 25.7 Å². The minimum absolute atomic E-state index is 0.0455. The Labute approximate surface area is 90.8 Å². The number of nitrogens with two attached hydrogens (primary N) is 1. The minimum atomic E-state index is 0.0455. The van der Waals surface area contributed by atoms with Gasteiger partial charge in [-0.3, -0.25) is 4.79 Å². The monoisotopic (exact) mass is 212 g/mol. The predicted molar refractivity (Wildman–Crippen MR) is 57.3 cm³/mol. The van der Waals surface area contributed by atoms with Crippen LogP contribution in [-0.2, 0) is 9.53 Å². The molecule has 2 N–H and O–H groups in total. The summed E-state index contributed by atoms with van der Waals surface area (Å²) in [7, 11) is 0. The molecule has 1 atom stereocenters. The van der Waals surface area contributed by atoms with Crippen molar-refractivity contribution >= 4 is 5.91 Å². The second-order valence-electron chi connectivity index (χ2n) is 4.62. The fourth-order valence-corrected chi connectivity index (χ4v) is 2.50. The van der Waals surface area contributed by atoms with Gasteiger partial charge in [0.15, 0.2) is 0 Å². The number of ether oxygens (including phenoxy) is 1. The lowest BCUT2D eigenvalue weighted by Gasteiger charge is -2.33. The zero-order valence-corrected chi connectivity index (χ0v) is 9.15. The highest BCUT2D eigenvalue weighted by molar-refractivity contribution is 5.78. The van der Waals surface area contributed by atoms with Crippen molar-refractivity contribution in [3.8, 4) is 0 Å². The summed E-state index contributed by atoms with van der Waals surface area (Å²) in [5, 5.41) is 0. The highest BCUT2D eigenvalue weighted by Crippen LogP contribution is 2.26. The molecule has 4 nitrogen and oxygen atoms in total. The lowest BCUT2D eigenvalue weighted by atomic mass is 10.1. The molecule has 0 aromatic heterocycles. The van der Waals surface area contributed by atoms with E-state index in [1.807, 2.05) is 4.90 Å². The Hall–Kier alpha value is -0.610. The van der Waals surface area contributed by atoms with Crippen LogP contribution in [0.25, 0.3) is 0 Å². The highest BCUT2D eigenvalue weighted by atomic mass is 16.5. The summed E-state index contributed by atoms with van der Waals surface area (Å²) in [6, 6.07) is 0. The van der Waals surface area contributed by atoms with E-state index in [4.69, 9.17) is 10.5 Å². The molecule has 86 valence electrons. The standard InChI is InChI=1S/C11H20N2O2/c12-5-10-7-13(11(14)8-15-10)6-9-3-1-2-4-9/h9-10H,1-8,12H2. The van der Waals surface area contributed by atoms with Crippen LogP contribution in [0.4, 0.5) is 0 Å². The van der Waals surface area contributed by atoms with Crippen LogP contribution in [-0.4, -0.2) is 43.2 Å². The number of hydrogen-bond donors (Lipinski definition) is 1. The maximum Gasteiger partial charge on any atom is 0.248 e. The molecule has 1 saturated carbocycles. The van der Waals surface area contributed by atoms with Crippen molar-refractivity contribution < 1.29 is 9.53 Å². The van der Waals surface area contributed by atoms with Gasteiger partial charge in [-0.15, -0.1) is 0 Å². The summed E-state index contributed by atoms with van der Waals surface area (Å²) >= 11 is 0. The maximum atomic E-state index is 11.6. The molecular weight excluding hydrogens is 192 g/mol. The van der Waals surface area contributed by atoms with E-state index in [1.165, 1.54) is 25.7 Å². The largest absolute Gasteiger partial charge is 0.365 e. The van der Waals surface area contributed by atoms with E-state index in [9.17, 15) is 4.79 Å². The van der Waals surface area contributed by atoms with Crippen molar-refractivity contribution in [3.63, 3.8) is 0 Å². The average Bonchev–Trinajstić information content (AvgIpc) is 2.74. The molecule has 0 bridgehead atoms. The van der Waals surface area contributed by atoms with Crippen molar-refractivity contribution in [2.75, 3.05) is 26.2 Å². The summed E-state index contributed by atoms with van der Waals surface area (Å²) in [5.74, 6) is 0.845. The molecule has 0 spiro atoms. The van der Waals surface area contributed by atoms with Crippen LogP contribution in [0.5, 0.6) is 0 Å². The summed E-state index contributed by atoms with van der Waals surface area (Å²) < 4.78 is 5.32. The third-order valence-electron chi connectivity index (χ3n) is 3.44. The van der Waals surface area contributed by atoms with Gasteiger partial charge in [0.05, 0.1) is 6.10 Å². The fraction of sp³-hybridized carbons (Fsp3) is 0.909. The lowest BCUT2D eigenvalue weighted by Crippen LogP contribution is -2.50.